The largest absolute Gasteiger partial charge is 0.349 e. The molecule has 0 atom stereocenters. The van der Waals surface area contributed by atoms with Crippen LogP contribution in [0.1, 0.15) is 19.4 Å². The van der Waals surface area contributed by atoms with E-state index < -0.39 is 17.5 Å². The van der Waals surface area contributed by atoms with Crippen molar-refractivity contribution in [1.29, 1.82) is 0 Å². The minimum Gasteiger partial charge on any atom is -0.349 e. The van der Waals surface area contributed by atoms with E-state index >= 15 is 0 Å². The van der Waals surface area contributed by atoms with Crippen molar-refractivity contribution < 1.29 is 18.4 Å². The van der Waals surface area contributed by atoms with Crippen LogP contribution < -0.4 is 10.7 Å². The first kappa shape index (κ1) is 24.9. The highest BCUT2D eigenvalue weighted by Gasteiger charge is 2.18. The number of halogens is 3. The Morgan fingerprint density at radius 2 is 1.61 bits per heavy atom. The maximum Gasteiger partial charge on any atom is 0.184 e. The van der Waals surface area contributed by atoms with Gasteiger partial charge in [0.2, 0.25) is 0 Å². The van der Waals surface area contributed by atoms with E-state index in [1.165, 1.54) is 18.2 Å². The lowest BCUT2D eigenvalue weighted by atomic mass is 10.2. The number of hydrazine groups is 1. The van der Waals surface area contributed by atoms with Gasteiger partial charge in [0.15, 0.2) is 11.6 Å². The molecule has 0 saturated carbocycles. The first-order valence-electron chi connectivity index (χ1n) is 10.5. The topological polar surface area (TPSA) is 54.0 Å². The smallest absolute Gasteiger partial charge is 0.184 e. The lowest BCUT2D eigenvalue weighted by Crippen LogP contribution is -2.47. The fraction of sp³-hybridized carbons (Fsp3) is 0.455. The van der Waals surface area contributed by atoms with Gasteiger partial charge in [-0.1, -0.05) is 19.9 Å². The van der Waals surface area contributed by atoms with Crippen LogP contribution in [0, 0.1) is 24.4 Å². The Morgan fingerprint density at radius 3 is 2.26 bits per heavy atom. The van der Waals surface area contributed by atoms with E-state index in [9.17, 15) is 18.4 Å². The Morgan fingerprint density at radius 1 is 0.968 bits per heavy atom. The Balaban J connectivity index is 0.00000166. The molecule has 2 aromatic carbocycles. The summed E-state index contributed by atoms with van der Waals surface area (Å²) in [5.41, 5.74) is 3.15. The highest BCUT2D eigenvalue weighted by atomic mass is 19.2. The van der Waals surface area contributed by atoms with Crippen molar-refractivity contribution in [1.82, 2.24) is 15.0 Å². The molecule has 172 valence electrons. The number of hydrogen-bond acceptors (Lipinski definition) is 6. The van der Waals surface area contributed by atoms with Crippen LogP contribution in [-0.4, -0.2) is 66.5 Å². The van der Waals surface area contributed by atoms with E-state index in [0.717, 1.165) is 37.4 Å². The molecule has 3 rings (SSSR count). The van der Waals surface area contributed by atoms with Gasteiger partial charge in [0, 0.05) is 32.7 Å². The molecule has 0 radical (unpaired) electrons. The first-order valence-corrected chi connectivity index (χ1v) is 10.5. The van der Waals surface area contributed by atoms with Crippen molar-refractivity contribution >= 4 is 17.1 Å². The Kier molecular flexibility index (Phi) is 9.57. The summed E-state index contributed by atoms with van der Waals surface area (Å²) in [5, 5.41) is 13.6. The third-order valence-corrected chi connectivity index (χ3v) is 4.95. The van der Waals surface area contributed by atoms with Crippen LogP contribution in [0.2, 0.25) is 0 Å². The van der Waals surface area contributed by atoms with E-state index in [0.29, 0.717) is 12.1 Å². The Labute approximate surface area is 182 Å². The molecule has 9 heteroatoms. The van der Waals surface area contributed by atoms with Crippen molar-refractivity contribution in [2.24, 2.45) is 0 Å². The van der Waals surface area contributed by atoms with Gasteiger partial charge >= 0.3 is 0 Å². The molecule has 1 aliphatic rings. The molecule has 31 heavy (non-hydrogen) atoms. The third kappa shape index (κ3) is 7.10. The Bertz CT molecular complexity index is 844. The maximum atomic E-state index is 14.4. The van der Waals surface area contributed by atoms with E-state index in [1.807, 2.05) is 13.8 Å². The SMILES string of the molecule is CC.Cc1ccc(Nc2c(NN(O)CCN3CCN(C)CC3)ccc(F)c2F)c(F)c1. The molecule has 0 spiro atoms. The van der Waals surface area contributed by atoms with Gasteiger partial charge in [-0.15, -0.1) is 5.17 Å². The zero-order valence-corrected chi connectivity index (χ0v) is 18.6. The zero-order chi connectivity index (χ0) is 23.0. The van der Waals surface area contributed by atoms with Gasteiger partial charge in [-0.05, 0) is 43.8 Å². The molecular formula is C22H32F3N5O. The molecule has 0 unspecified atom stereocenters. The molecule has 1 aliphatic heterocycles. The summed E-state index contributed by atoms with van der Waals surface area (Å²) in [6.45, 7) is 10.3. The van der Waals surface area contributed by atoms with E-state index in [-0.39, 0.29) is 23.6 Å². The lowest BCUT2D eigenvalue weighted by Gasteiger charge is -2.33. The maximum absolute atomic E-state index is 14.4. The molecule has 0 aliphatic carbocycles. The third-order valence-electron chi connectivity index (χ3n) is 4.95. The van der Waals surface area contributed by atoms with Crippen LogP contribution >= 0.6 is 0 Å². The van der Waals surface area contributed by atoms with Crippen molar-refractivity contribution in [3.63, 3.8) is 0 Å². The van der Waals surface area contributed by atoms with E-state index in [4.69, 9.17) is 0 Å². The fourth-order valence-electron chi connectivity index (χ4n) is 3.12. The van der Waals surface area contributed by atoms with Crippen LogP contribution in [0.25, 0.3) is 0 Å². The standard InChI is InChI=1S/C20H26F3N5O.C2H6/c1-14-3-5-17(16(22)13-14)24-20-18(6-4-15(21)19(20)23)25-28(29)12-11-27-9-7-26(2)8-10-27;1-2/h3-6,13,24-25,29H,7-12H2,1-2H3;1-2H3. The number of hydroxylamine groups is 1. The highest BCUT2D eigenvalue weighted by Crippen LogP contribution is 2.31. The molecule has 0 amide bonds. The molecule has 0 aromatic heterocycles. The number of anilines is 3. The molecule has 1 fully saturated rings. The van der Waals surface area contributed by atoms with Crippen molar-refractivity contribution in [3.05, 3.63) is 53.3 Å². The molecule has 6 nitrogen and oxygen atoms in total. The highest BCUT2D eigenvalue weighted by molar-refractivity contribution is 5.75. The summed E-state index contributed by atoms with van der Waals surface area (Å²) in [5.74, 6) is -2.83. The van der Waals surface area contributed by atoms with Gasteiger partial charge in [-0.2, -0.15) is 0 Å². The number of likely N-dealkylation sites (N-methyl/N-ethyl adjacent to an activating group) is 1. The monoisotopic (exact) mass is 439 g/mol. The number of aryl methyl sites for hydroxylation is 1. The van der Waals surface area contributed by atoms with E-state index in [1.54, 1.807) is 13.0 Å². The Hall–Kier alpha value is -2.33. The van der Waals surface area contributed by atoms with Crippen molar-refractivity contribution in [3.8, 4) is 0 Å². The number of rotatable bonds is 7. The summed E-state index contributed by atoms with van der Waals surface area (Å²) < 4.78 is 42.3. The zero-order valence-electron chi connectivity index (χ0n) is 18.6. The number of nitrogens with zero attached hydrogens (tertiary/aromatic N) is 3. The normalized spacial score (nSPS) is 14.9. The van der Waals surface area contributed by atoms with Crippen LogP contribution in [0.5, 0.6) is 0 Å². The van der Waals surface area contributed by atoms with Gasteiger partial charge in [-0.3, -0.25) is 15.5 Å². The van der Waals surface area contributed by atoms with Crippen LogP contribution in [0.4, 0.5) is 30.2 Å². The molecule has 1 saturated heterocycles. The van der Waals surface area contributed by atoms with E-state index in [2.05, 4.69) is 27.6 Å². The number of benzene rings is 2. The van der Waals surface area contributed by atoms with Gasteiger partial charge < -0.3 is 10.2 Å². The number of piperazine rings is 1. The van der Waals surface area contributed by atoms with Gasteiger partial charge in [-0.25, -0.2) is 13.2 Å². The van der Waals surface area contributed by atoms with Crippen LogP contribution in [0.15, 0.2) is 30.3 Å². The van der Waals surface area contributed by atoms with Gasteiger partial charge in [0.05, 0.1) is 17.9 Å². The molecule has 2 aromatic rings. The van der Waals surface area contributed by atoms with Crippen molar-refractivity contribution in [2.75, 3.05) is 57.1 Å². The summed E-state index contributed by atoms with van der Waals surface area (Å²) >= 11 is 0. The van der Waals surface area contributed by atoms with Crippen LogP contribution in [-0.2, 0) is 0 Å². The molecule has 1 heterocycles. The number of hydrogen-bond donors (Lipinski definition) is 3. The molecule has 0 bridgehead atoms. The predicted octanol–water partition coefficient (Wildman–Crippen LogP) is 4.45. The minimum atomic E-state index is -1.16. The number of nitrogens with one attached hydrogen (secondary N) is 2. The minimum absolute atomic E-state index is 0.00470. The lowest BCUT2D eigenvalue weighted by molar-refractivity contribution is -0.0718. The van der Waals surface area contributed by atoms with Gasteiger partial charge in [0.1, 0.15) is 11.5 Å². The summed E-state index contributed by atoms with van der Waals surface area (Å²) in [4.78, 5) is 4.44. The second-order valence-electron chi connectivity index (χ2n) is 7.27. The summed E-state index contributed by atoms with van der Waals surface area (Å²) in [7, 11) is 2.06. The summed E-state index contributed by atoms with van der Waals surface area (Å²) in [6, 6.07) is 6.63. The average Bonchev–Trinajstić information content (AvgIpc) is 2.76. The van der Waals surface area contributed by atoms with Gasteiger partial charge in [0.25, 0.3) is 0 Å². The quantitative estimate of drug-likeness (QED) is 0.555. The second kappa shape index (κ2) is 11.9. The second-order valence-corrected chi connectivity index (χ2v) is 7.27. The average molecular weight is 440 g/mol. The predicted molar refractivity (Wildman–Crippen MR) is 118 cm³/mol. The molecule has 3 N–H and O–H groups in total. The molecular weight excluding hydrogens is 407 g/mol. The first-order chi connectivity index (χ1) is 14.8. The summed E-state index contributed by atoms with van der Waals surface area (Å²) in [6.07, 6.45) is 0. The van der Waals surface area contributed by atoms with Crippen molar-refractivity contribution in [2.45, 2.75) is 20.8 Å². The fourth-order valence-corrected chi connectivity index (χ4v) is 3.12. The van der Waals surface area contributed by atoms with Crippen LogP contribution in [0.3, 0.4) is 0 Å².